The maximum atomic E-state index is 10.5. The second kappa shape index (κ2) is 3.20. The molecule has 60 valence electrons. The van der Waals surface area contributed by atoms with Crippen molar-refractivity contribution in [3.8, 4) is 5.06 Å². The van der Waals surface area contributed by atoms with Crippen molar-refractivity contribution in [2.75, 3.05) is 12.8 Å². The van der Waals surface area contributed by atoms with Gasteiger partial charge in [0.05, 0.1) is 13.3 Å². The third-order valence-corrected chi connectivity index (χ3v) is 1.56. The number of thiazole rings is 1. The highest BCUT2D eigenvalue weighted by atomic mass is 32.1. The lowest BCUT2D eigenvalue weighted by molar-refractivity contribution is 0.123. The van der Waals surface area contributed by atoms with Crippen molar-refractivity contribution in [1.29, 1.82) is 0 Å². The van der Waals surface area contributed by atoms with Gasteiger partial charge >= 0.3 is 6.16 Å². The number of nitrogens with zero attached hydrogens (tertiary/aromatic N) is 1. The van der Waals surface area contributed by atoms with Crippen molar-refractivity contribution >= 4 is 22.6 Å². The van der Waals surface area contributed by atoms with E-state index in [-0.39, 0.29) is 0 Å². The average Bonchev–Trinajstić information content (AvgIpc) is 2.35. The Kier molecular flexibility index (Phi) is 2.27. The van der Waals surface area contributed by atoms with E-state index in [0.717, 1.165) is 11.3 Å². The minimum absolute atomic E-state index is 0.328. The lowest BCUT2D eigenvalue weighted by atomic mass is 10.9. The second-order valence-electron chi connectivity index (χ2n) is 1.57. The van der Waals surface area contributed by atoms with Crippen LogP contribution in [0.4, 0.5) is 9.93 Å². The summed E-state index contributed by atoms with van der Waals surface area (Å²) in [6.45, 7) is 0. The zero-order valence-corrected chi connectivity index (χ0v) is 6.55. The number of carbonyl (C=O) groups excluding carboxylic acids is 1. The molecule has 0 saturated carbocycles. The van der Waals surface area contributed by atoms with Crippen molar-refractivity contribution in [2.45, 2.75) is 0 Å². The summed E-state index contributed by atoms with van der Waals surface area (Å²) in [5, 5.41) is 0.679. The molecule has 0 aliphatic rings. The highest BCUT2D eigenvalue weighted by Crippen LogP contribution is 2.22. The number of hydrogen-bond donors (Lipinski definition) is 1. The Labute approximate surface area is 66.7 Å². The van der Waals surface area contributed by atoms with Crippen molar-refractivity contribution in [1.82, 2.24) is 4.98 Å². The van der Waals surface area contributed by atoms with Gasteiger partial charge in [-0.2, -0.15) is 0 Å². The van der Waals surface area contributed by atoms with Gasteiger partial charge in [-0.25, -0.2) is 9.78 Å². The van der Waals surface area contributed by atoms with Gasteiger partial charge in [-0.3, -0.25) is 0 Å². The van der Waals surface area contributed by atoms with Crippen LogP contribution in [-0.4, -0.2) is 18.2 Å². The minimum atomic E-state index is -0.770. The summed E-state index contributed by atoms with van der Waals surface area (Å²) in [7, 11) is 1.23. The van der Waals surface area contributed by atoms with E-state index in [4.69, 9.17) is 5.73 Å². The van der Waals surface area contributed by atoms with Crippen LogP contribution in [0.5, 0.6) is 5.06 Å². The maximum Gasteiger partial charge on any atom is 0.514 e. The van der Waals surface area contributed by atoms with Gasteiger partial charge in [0.15, 0.2) is 5.13 Å². The fraction of sp³-hybridized carbons (Fsp3) is 0.200. The quantitative estimate of drug-likeness (QED) is 0.639. The Morgan fingerprint density at radius 2 is 2.55 bits per heavy atom. The summed E-state index contributed by atoms with van der Waals surface area (Å²) in [5.74, 6) is 0. The van der Waals surface area contributed by atoms with E-state index in [2.05, 4.69) is 14.5 Å². The largest absolute Gasteiger partial charge is 0.514 e. The fourth-order valence-electron chi connectivity index (χ4n) is 0.443. The van der Waals surface area contributed by atoms with Crippen LogP contribution >= 0.6 is 11.3 Å². The molecule has 1 aromatic heterocycles. The zero-order valence-electron chi connectivity index (χ0n) is 5.73. The molecule has 0 amide bonds. The van der Waals surface area contributed by atoms with Crippen LogP contribution in [-0.2, 0) is 4.74 Å². The van der Waals surface area contributed by atoms with Crippen LogP contribution in [0.25, 0.3) is 0 Å². The molecular weight excluding hydrogens is 168 g/mol. The SMILES string of the molecule is COC(=O)Oc1cnc(N)s1. The molecule has 0 unspecified atom stereocenters. The molecule has 5 nitrogen and oxygen atoms in total. The number of ether oxygens (including phenoxy) is 2. The Morgan fingerprint density at radius 3 is 3.00 bits per heavy atom. The van der Waals surface area contributed by atoms with E-state index in [1.54, 1.807) is 0 Å². The molecule has 1 rings (SSSR count). The first-order valence-electron chi connectivity index (χ1n) is 2.69. The molecule has 2 N–H and O–H groups in total. The number of aromatic nitrogens is 1. The molecule has 0 aliphatic heterocycles. The first kappa shape index (κ1) is 7.80. The summed E-state index contributed by atoms with van der Waals surface area (Å²) in [6, 6.07) is 0. The Balaban J connectivity index is 2.57. The molecular formula is C5H6N2O3S. The van der Waals surface area contributed by atoms with Crippen LogP contribution in [0, 0.1) is 0 Å². The standard InChI is InChI=1S/C5H6N2O3S/c1-9-5(8)10-3-2-7-4(6)11-3/h2H,1H3,(H2,6,7). The maximum absolute atomic E-state index is 10.5. The van der Waals surface area contributed by atoms with Crippen LogP contribution in [0.2, 0.25) is 0 Å². The molecule has 0 atom stereocenters. The van der Waals surface area contributed by atoms with Crippen molar-refractivity contribution in [3.05, 3.63) is 6.20 Å². The lowest BCUT2D eigenvalue weighted by Crippen LogP contribution is -2.05. The average molecular weight is 174 g/mol. The van der Waals surface area contributed by atoms with Gasteiger partial charge in [0, 0.05) is 0 Å². The number of methoxy groups -OCH3 is 1. The number of rotatable bonds is 1. The molecule has 11 heavy (non-hydrogen) atoms. The Hall–Kier alpha value is -1.30. The predicted octanol–water partition coefficient (Wildman–Crippen LogP) is 0.871. The zero-order chi connectivity index (χ0) is 8.27. The van der Waals surface area contributed by atoms with Crippen LogP contribution in [0.1, 0.15) is 0 Å². The number of anilines is 1. The van der Waals surface area contributed by atoms with E-state index in [1.165, 1.54) is 13.3 Å². The van der Waals surface area contributed by atoms with Crippen molar-refractivity contribution in [2.24, 2.45) is 0 Å². The highest BCUT2D eigenvalue weighted by molar-refractivity contribution is 7.17. The third-order valence-electron chi connectivity index (χ3n) is 0.853. The summed E-state index contributed by atoms with van der Waals surface area (Å²) >= 11 is 1.08. The topological polar surface area (TPSA) is 74.4 Å². The van der Waals surface area contributed by atoms with Crippen LogP contribution in [0.3, 0.4) is 0 Å². The van der Waals surface area contributed by atoms with Gasteiger partial charge in [-0.15, -0.1) is 0 Å². The van der Waals surface area contributed by atoms with Gasteiger partial charge in [0.1, 0.15) is 0 Å². The van der Waals surface area contributed by atoms with Crippen molar-refractivity contribution < 1.29 is 14.3 Å². The number of carbonyl (C=O) groups is 1. The first-order valence-corrected chi connectivity index (χ1v) is 3.51. The molecule has 0 aromatic carbocycles. The third kappa shape index (κ3) is 2.08. The summed E-state index contributed by atoms with van der Waals surface area (Å²) in [6.07, 6.45) is 0.588. The first-order chi connectivity index (χ1) is 5.22. The molecule has 0 saturated heterocycles. The molecule has 0 bridgehead atoms. The molecule has 0 radical (unpaired) electrons. The molecule has 0 aliphatic carbocycles. The van der Waals surface area contributed by atoms with Gasteiger partial charge in [-0.05, 0) is 0 Å². The second-order valence-corrected chi connectivity index (χ2v) is 2.60. The summed E-state index contributed by atoms with van der Waals surface area (Å²) < 4.78 is 8.84. The molecule has 6 heteroatoms. The van der Waals surface area contributed by atoms with Crippen LogP contribution < -0.4 is 10.5 Å². The fourth-order valence-corrected chi connectivity index (χ4v) is 0.970. The van der Waals surface area contributed by atoms with Gasteiger partial charge in [-0.1, -0.05) is 11.3 Å². The van der Waals surface area contributed by atoms with Gasteiger partial charge in [0.25, 0.3) is 0 Å². The van der Waals surface area contributed by atoms with E-state index in [1.807, 2.05) is 0 Å². The van der Waals surface area contributed by atoms with Crippen LogP contribution in [0.15, 0.2) is 6.20 Å². The molecule has 1 heterocycles. The summed E-state index contributed by atoms with van der Waals surface area (Å²) in [5.41, 5.74) is 5.27. The normalized spacial score (nSPS) is 9.18. The number of nitrogen functional groups attached to an aromatic ring is 1. The Bertz CT molecular complexity index is 260. The van der Waals surface area contributed by atoms with Gasteiger partial charge in [0.2, 0.25) is 5.06 Å². The number of hydrogen-bond acceptors (Lipinski definition) is 6. The van der Waals surface area contributed by atoms with Crippen molar-refractivity contribution in [3.63, 3.8) is 0 Å². The number of nitrogens with two attached hydrogens (primary N) is 1. The van der Waals surface area contributed by atoms with E-state index in [0.29, 0.717) is 10.2 Å². The van der Waals surface area contributed by atoms with E-state index < -0.39 is 6.16 Å². The molecule has 0 fully saturated rings. The van der Waals surface area contributed by atoms with E-state index in [9.17, 15) is 4.79 Å². The molecule has 1 aromatic rings. The monoisotopic (exact) mass is 174 g/mol. The molecule has 0 spiro atoms. The van der Waals surface area contributed by atoms with E-state index >= 15 is 0 Å². The highest BCUT2D eigenvalue weighted by Gasteiger charge is 2.05. The Morgan fingerprint density at radius 1 is 1.82 bits per heavy atom. The predicted molar refractivity (Wildman–Crippen MR) is 39.6 cm³/mol. The smallest absolute Gasteiger partial charge is 0.437 e. The van der Waals surface area contributed by atoms with Gasteiger partial charge < -0.3 is 15.2 Å². The summed E-state index contributed by atoms with van der Waals surface area (Å²) in [4.78, 5) is 14.2. The lowest BCUT2D eigenvalue weighted by Gasteiger charge is -1.95. The minimum Gasteiger partial charge on any atom is -0.437 e.